The van der Waals surface area contributed by atoms with Crippen molar-refractivity contribution in [2.75, 3.05) is 19.6 Å². The van der Waals surface area contributed by atoms with Crippen LogP contribution < -0.4 is 0 Å². The lowest BCUT2D eigenvalue weighted by atomic mass is 9.98. The van der Waals surface area contributed by atoms with Crippen LogP contribution in [0.5, 0.6) is 0 Å². The smallest absolute Gasteiger partial charge is 0.245 e. The molecule has 146 valence electrons. The molecule has 0 radical (unpaired) electrons. The Kier molecular flexibility index (Phi) is 6.53. The van der Waals surface area contributed by atoms with Gasteiger partial charge in [-0.05, 0) is 43.7 Å². The van der Waals surface area contributed by atoms with Crippen LogP contribution in [0.3, 0.4) is 0 Å². The molecule has 0 N–H and O–H groups in total. The Morgan fingerprint density at radius 3 is 2.52 bits per heavy atom. The molecular weight excluding hydrogens is 364 g/mol. The minimum atomic E-state index is -0.354. The highest BCUT2D eigenvalue weighted by atomic mass is 35.5. The van der Waals surface area contributed by atoms with Gasteiger partial charge in [-0.3, -0.25) is 14.4 Å². The number of amides is 2. The summed E-state index contributed by atoms with van der Waals surface area (Å²) in [5, 5.41) is 0.508. The number of Topliss-reactive ketones (excluding diaryl/α,β-unsaturated/α-hetero) is 1. The number of nitrogens with zero attached hydrogens (tertiary/aromatic N) is 2. The molecule has 5 nitrogen and oxygen atoms in total. The number of hydrogen-bond acceptors (Lipinski definition) is 3. The van der Waals surface area contributed by atoms with Gasteiger partial charge in [0.05, 0.1) is 0 Å². The molecule has 1 aromatic carbocycles. The highest BCUT2D eigenvalue weighted by Gasteiger charge is 2.37. The third-order valence-electron chi connectivity index (χ3n) is 5.67. The quantitative estimate of drug-likeness (QED) is 0.722. The Morgan fingerprint density at radius 1 is 1.07 bits per heavy atom. The van der Waals surface area contributed by atoms with Gasteiger partial charge in [-0.2, -0.15) is 0 Å². The third kappa shape index (κ3) is 4.89. The van der Waals surface area contributed by atoms with Crippen LogP contribution in [0.1, 0.15) is 55.8 Å². The van der Waals surface area contributed by atoms with E-state index < -0.39 is 0 Å². The van der Waals surface area contributed by atoms with Crippen molar-refractivity contribution < 1.29 is 14.4 Å². The summed E-state index contributed by atoms with van der Waals surface area (Å²) in [5.41, 5.74) is 0.520. The average molecular weight is 391 g/mol. The van der Waals surface area contributed by atoms with Crippen LogP contribution >= 0.6 is 11.6 Å². The lowest BCUT2D eigenvalue weighted by Crippen LogP contribution is -2.49. The number of carbonyl (C=O) groups is 3. The molecule has 0 bridgehead atoms. The monoisotopic (exact) mass is 390 g/mol. The summed E-state index contributed by atoms with van der Waals surface area (Å²) in [5.74, 6) is 0.534. The van der Waals surface area contributed by atoms with E-state index in [1.165, 1.54) is 0 Å². The molecule has 3 rings (SSSR count). The molecule has 0 spiro atoms. The Morgan fingerprint density at radius 2 is 1.81 bits per heavy atom. The first-order valence-corrected chi connectivity index (χ1v) is 10.2. The summed E-state index contributed by atoms with van der Waals surface area (Å²) >= 11 is 5.92. The Hall–Kier alpha value is -1.88. The highest BCUT2D eigenvalue weighted by Crippen LogP contribution is 2.24. The summed E-state index contributed by atoms with van der Waals surface area (Å²) in [6.07, 6.45) is 3.89. The Balaban J connectivity index is 1.55. The van der Waals surface area contributed by atoms with Gasteiger partial charge in [0.25, 0.3) is 0 Å². The van der Waals surface area contributed by atoms with E-state index in [9.17, 15) is 14.4 Å². The normalized spacial score (nSPS) is 20.7. The maximum absolute atomic E-state index is 12.9. The van der Waals surface area contributed by atoms with E-state index >= 15 is 0 Å². The minimum Gasteiger partial charge on any atom is -0.341 e. The maximum atomic E-state index is 12.9. The standard InChI is InChI=1S/C21H27ClN2O3/c1-15-9-12-23(13-10-15)21(27)18-6-3-11-24(18)20(26)8-7-19(25)16-4-2-5-17(22)14-16/h2,4-5,14-15,18H,3,6-13H2,1H3. The zero-order valence-electron chi connectivity index (χ0n) is 15.8. The van der Waals surface area contributed by atoms with Gasteiger partial charge in [0.1, 0.15) is 6.04 Å². The molecule has 2 amide bonds. The van der Waals surface area contributed by atoms with Gasteiger partial charge in [-0.15, -0.1) is 0 Å². The number of hydrogen-bond donors (Lipinski definition) is 0. The van der Waals surface area contributed by atoms with Crippen molar-refractivity contribution in [1.29, 1.82) is 0 Å². The number of piperidine rings is 1. The van der Waals surface area contributed by atoms with Crippen LogP contribution in [0.25, 0.3) is 0 Å². The van der Waals surface area contributed by atoms with Crippen LogP contribution in [0.2, 0.25) is 5.02 Å². The van der Waals surface area contributed by atoms with Crippen molar-refractivity contribution in [2.45, 2.75) is 51.5 Å². The molecular formula is C21H27ClN2O3. The second-order valence-electron chi connectivity index (χ2n) is 7.69. The predicted molar refractivity (Wildman–Crippen MR) is 105 cm³/mol. The van der Waals surface area contributed by atoms with Crippen molar-refractivity contribution in [2.24, 2.45) is 5.92 Å². The first-order chi connectivity index (χ1) is 13.0. The van der Waals surface area contributed by atoms with Crippen LogP contribution in [0, 0.1) is 5.92 Å². The lowest BCUT2D eigenvalue weighted by molar-refractivity contribution is -0.144. The van der Waals surface area contributed by atoms with Crippen LogP contribution in [0.15, 0.2) is 24.3 Å². The molecule has 0 aromatic heterocycles. The second kappa shape index (κ2) is 8.87. The molecule has 27 heavy (non-hydrogen) atoms. The zero-order valence-corrected chi connectivity index (χ0v) is 16.6. The summed E-state index contributed by atoms with van der Waals surface area (Å²) in [4.78, 5) is 41.4. The van der Waals surface area contributed by atoms with Crippen LogP contribution in [-0.2, 0) is 9.59 Å². The number of ketones is 1. The fourth-order valence-corrected chi connectivity index (χ4v) is 4.12. The minimum absolute atomic E-state index is 0.0777. The topological polar surface area (TPSA) is 57.7 Å². The van der Waals surface area contributed by atoms with Gasteiger partial charge in [-0.25, -0.2) is 0 Å². The van der Waals surface area contributed by atoms with Crippen molar-refractivity contribution in [3.05, 3.63) is 34.9 Å². The highest BCUT2D eigenvalue weighted by molar-refractivity contribution is 6.31. The molecule has 2 heterocycles. The fourth-order valence-electron chi connectivity index (χ4n) is 3.93. The molecule has 6 heteroatoms. The second-order valence-corrected chi connectivity index (χ2v) is 8.12. The van der Waals surface area contributed by atoms with Crippen LogP contribution in [0.4, 0.5) is 0 Å². The number of halogens is 1. The van der Waals surface area contributed by atoms with E-state index in [1.54, 1.807) is 29.2 Å². The summed E-state index contributed by atoms with van der Waals surface area (Å²) in [6, 6.07) is 6.41. The first-order valence-electron chi connectivity index (χ1n) is 9.82. The molecule has 2 aliphatic rings. The van der Waals surface area contributed by atoms with Crippen molar-refractivity contribution in [3.63, 3.8) is 0 Å². The Labute approximate surface area is 165 Å². The summed E-state index contributed by atoms with van der Waals surface area (Å²) < 4.78 is 0. The van der Waals surface area contributed by atoms with Gasteiger partial charge in [0, 0.05) is 43.1 Å². The number of benzene rings is 1. The molecule has 2 fully saturated rings. The van der Waals surface area contributed by atoms with E-state index in [0.717, 1.165) is 38.8 Å². The lowest BCUT2D eigenvalue weighted by Gasteiger charge is -2.34. The van der Waals surface area contributed by atoms with E-state index in [0.29, 0.717) is 23.0 Å². The number of rotatable bonds is 5. The maximum Gasteiger partial charge on any atom is 0.245 e. The third-order valence-corrected chi connectivity index (χ3v) is 5.90. The average Bonchev–Trinajstić information content (AvgIpc) is 3.15. The molecule has 1 aromatic rings. The van der Waals surface area contributed by atoms with Gasteiger partial charge in [-0.1, -0.05) is 30.7 Å². The van der Waals surface area contributed by atoms with E-state index in [2.05, 4.69) is 6.92 Å². The predicted octanol–water partition coefficient (Wildman–Crippen LogP) is 3.55. The summed E-state index contributed by atoms with van der Waals surface area (Å²) in [7, 11) is 0. The van der Waals surface area contributed by atoms with Gasteiger partial charge >= 0.3 is 0 Å². The fraction of sp³-hybridized carbons (Fsp3) is 0.571. The van der Waals surface area contributed by atoms with Crippen LogP contribution in [-0.4, -0.2) is 53.1 Å². The number of likely N-dealkylation sites (tertiary alicyclic amines) is 2. The van der Waals surface area contributed by atoms with Gasteiger partial charge in [0.2, 0.25) is 11.8 Å². The summed E-state index contributed by atoms with van der Waals surface area (Å²) in [6.45, 7) is 4.38. The molecule has 2 aliphatic heterocycles. The van der Waals surface area contributed by atoms with Crippen molar-refractivity contribution in [1.82, 2.24) is 9.80 Å². The molecule has 1 atom stereocenters. The van der Waals surface area contributed by atoms with Crippen molar-refractivity contribution in [3.8, 4) is 0 Å². The van der Waals surface area contributed by atoms with E-state index in [-0.39, 0.29) is 36.5 Å². The SMILES string of the molecule is CC1CCN(C(=O)C2CCCN2C(=O)CCC(=O)c2cccc(Cl)c2)CC1. The van der Waals surface area contributed by atoms with E-state index in [1.807, 2.05) is 4.90 Å². The molecule has 0 aliphatic carbocycles. The van der Waals surface area contributed by atoms with Gasteiger partial charge < -0.3 is 9.80 Å². The van der Waals surface area contributed by atoms with Gasteiger partial charge in [0.15, 0.2) is 5.78 Å². The van der Waals surface area contributed by atoms with E-state index in [4.69, 9.17) is 11.6 Å². The largest absolute Gasteiger partial charge is 0.341 e. The van der Waals surface area contributed by atoms with Crippen molar-refractivity contribution >= 4 is 29.2 Å². The number of carbonyl (C=O) groups excluding carboxylic acids is 3. The molecule has 2 saturated heterocycles. The molecule has 1 unspecified atom stereocenters. The molecule has 0 saturated carbocycles. The first kappa shape index (κ1) is 19.9. The Bertz CT molecular complexity index is 713. The zero-order chi connectivity index (χ0) is 19.4.